The molecule has 6 heteroatoms. The van der Waals surface area contributed by atoms with Crippen LogP contribution in [0, 0.1) is 11.6 Å². The molecular formula is C17H16BrF2NO2. The number of nitrogens with zero attached hydrogens (tertiary/aromatic N) is 1. The number of halogens is 3. The summed E-state index contributed by atoms with van der Waals surface area (Å²) in [5, 5.41) is 0. The first kappa shape index (κ1) is 17.4. The second-order valence-electron chi connectivity index (χ2n) is 5.12. The molecular weight excluding hydrogens is 368 g/mol. The van der Waals surface area contributed by atoms with Crippen molar-refractivity contribution in [2.24, 2.45) is 0 Å². The number of hydrogen-bond acceptors (Lipinski definition) is 2. The average Bonchev–Trinajstić information content (AvgIpc) is 2.52. The molecule has 1 amide bonds. The Morgan fingerprint density at radius 2 is 1.91 bits per heavy atom. The number of carbonyl (C=O) groups excluding carboxylic acids is 1. The van der Waals surface area contributed by atoms with Gasteiger partial charge in [-0.1, -0.05) is 34.1 Å². The lowest BCUT2D eigenvalue weighted by atomic mass is 10.2. The van der Waals surface area contributed by atoms with Gasteiger partial charge in [0.2, 0.25) is 0 Å². The molecule has 0 saturated carbocycles. The number of carbonyl (C=O) groups is 1. The van der Waals surface area contributed by atoms with E-state index in [1.807, 2.05) is 24.3 Å². The molecule has 0 bridgehead atoms. The minimum atomic E-state index is -1.01. The van der Waals surface area contributed by atoms with Crippen LogP contribution in [-0.4, -0.2) is 24.0 Å². The summed E-state index contributed by atoms with van der Waals surface area (Å²) in [4.78, 5) is 13.9. The molecule has 0 heterocycles. The molecule has 0 fully saturated rings. The normalized spacial score (nSPS) is 11.9. The minimum Gasteiger partial charge on any atom is -0.481 e. The summed E-state index contributed by atoms with van der Waals surface area (Å²) in [6, 6.07) is 10.8. The molecule has 0 spiro atoms. The van der Waals surface area contributed by atoms with E-state index >= 15 is 0 Å². The molecule has 0 saturated heterocycles. The topological polar surface area (TPSA) is 29.5 Å². The second kappa shape index (κ2) is 7.55. The van der Waals surface area contributed by atoms with Gasteiger partial charge in [0.15, 0.2) is 17.7 Å². The molecule has 0 N–H and O–H groups in total. The van der Waals surface area contributed by atoms with Crippen LogP contribution in [-0.2, 0) is 11.3 Å². The number of amides is 1. The van der Waals surface area contributed by atoms with Gasteiger partial charge in [0, 0.05) is 24.1 Å². The number of likely N-dealkylation sites (N-methyl/N-ethyl adjacent to an activating group) is 1. The SMILES string of the molecule is CC(Oc1ccc(F)c(F)c1)C(=O)N(C)Cc1ccccc1Br. The molecule has 0 aliphatic heterocycles. The third-order valence-corrected chi connectivity index (χ3v) is 4.07. The van der Waals surface area contributed by atoms with Crippen molar-refractivity contribution in [3.05, 3.63) is 64.1 Å². The van der Waals surface area contributed by atoms with Crippen molar-refractivity contribution in [1.82, 2.24) is 4.90 Å². The van der Waals surface area contributed by atoms with Gasteiger partial charge in [-0.3, -0.25) is 4.79 Å². The van der Waals surface area contributed by atoms with Crippen LogP contribution < -0.4 is 4.74 Å². The number of ether oxygens (including phenoxy) is 1. The number of benzene rings is 2. The van der Waals surface area contributed by atoms with Gasteiger partial charge >= 0.3 is 0 Å². The predicted molar refractivity (Wildman–Crippen MR) is 87.1 cm³/mol. The van der Waals surface area contributed by atoms with E-state index in [4.69, 9.17) is 4.74 Å². The lowest BCUT2D eigenvalue weighted by Crippen LogP contribution is -2.37. The molecule has 2 rings (SSSR count). The Balaban J connectivity index is 2.01. The first-order valence-corrected chi connectivity index (χ1v) is 7.78. The first-order chi connectivity index (χ1) is 10.9. The van der Waals surface area contributed by atoms with Crippen molar-refractivity contribution in [3.8, 4) is 5.75 Å². The zero-order valence-electron chi connectivity index (χ0n) is 12.7. The van der Waals surface area contributed by atoms with E-state index in [0.29, 0.717) is 6.54 Å². The molecule has 23 heavy (non-hydrogen) atoms. The van der Waals surface area contributed by atoms with Gasteiger partial charge in [-0.15, -0.1) is 0 Å². The molecule has 0 aliphatic carbocycles. The Kier molecular flexibility index (Phi) is 5.71. The summed E-state index contributed by atoms with van der Waals surface area (Å²) in [5.74, 6) is -2.12. The molecule has 2 aromatic carbocycles. The van der Waals surface area contributed by atoms with Crippen molar-refractivity contribution < 1.29 is 18.3 Å². The van der Waals surface area contributed by atoms with E-state index in [-0.39, 0.29) is 11.7 Å². The molecule has 0 aliphatic rings. The van der Waals surface area contributed by atoms with Crippen LogP contribution in [0.5, 0.6) is 5.75 Å². The standard InChI is InChI=1S/C17H16BrF2NO2/c1-11(23-13-7-8-15(19)16(20)9-13)17(22)21(2)10-12-5-3-4-6-14(12)18/h3-9,11H,10H2,1-2H3. The highest BCUT2D eigenvalue weighted by Gasteiger charge is 2.20. The summed E-state index contributed by atoms with van der Waals surface area (Å²) < 4.78 is 32.4. The lowest BCUT2D eigenvalue weighted by molar-refractivity contribution is -0.137. The Hall–Kier alpha value is -1.95. The summed E-state index contributed by atoms with van der Waals surface area (Å²) in [5.41, 5.74) is 0.961. The molecule has 1 atom stereocenters. The Morgan fingerprint density at radius 1 is 1.22 bits per heavy atom. The monoisotopic (exact) mass is 383 g/mol. The maximum atomic E-state index is 13.2. The fourth-order valence-corrected chi connectivity index (χ4v) is 2.49. The van der Waals surface area contributed by atoms with Crippen LogP contribution in [0.15, 0.2) is 46.9 Å². The van der Waals surface area contributed by atoms with Gasteiger partial charge in [-0.2, -0.15) is 0 Å². The van der Waals surface area contributed by atoms with Crippen LogP contribution in [0.2, 0.25) is 0 Å². The van der Waals surface area contributed by atoms with Gasteiger partial charge in [0.1, 0.15) is 5.75 Å². The van der Waals surface area contributed by atoms with E-state index in [1.54, 1.807) is 14.0 Å². The van der Waals surface area contributed by atoms with Crippen LogP contribution in [0.3, 0.4) is 0 Å². The smallest absolute Gasteiger partial charge is 0.263 e. The van der Waals surface area contributed by atoms with E-state index < -0.39 is 17.7 Å². The van der Waals surface area contributed by atoms with Crippen LogP contribution in [0.25, 0.3) is 0 Å². The van der Waals surface area contributed by atoms with Crippen LogP contribution in [0.1, 0.15) is 12.5 Å². The summed E-state index contributed by atoms with van der Waals surface area (Å²) >= 11 is 3.43. The van der Waals surface area contributed by atoms with Crippen LogP contribution in [0.4, 0.5) is 8.78 Å². The second-order valence-corrected chi connectivity index (χ2v) is 5.98. The minimum absolute atomic E-state index is 0.110. The van der Waals surface area contributed by atoms with Crippen molar-refractivity contribution in [2.75, 3.05) is 7.05 Å². The number of rotatable bonds is 5. The number of hydrogen-bond donors (Lipinski definition) is 0. The highest BCUT2D eigenvalue weighted by atomic mass is 79.9. The maximum Gasteiger partial charge on any atom is 0.263 e. The first-order valence-electron chi connectivity index (χ1n) is 6.98. The molecule has 1 unspecified atom stereocenters. The largest absolute Gasteiger partial charge is 0.481 e. The zero-order chi connectivity index (χ0) is 17.0. The van der Waals surface area contributed by atoms with Gasteiger partial charge < -0.3 is 9.64 Å². The Labute approximate surface area is 142 Å². The summed E-state index contributed by atoms with van der Waals surface area (Å²) in [6.07, 6.45) is -0.813. The molecule has 3 nitrogen and oxygen atoms in total. The molecule has 2 aromatic rings. The molecule has 0 aromatic heterocycles. The summed E-state index contributed by atoms with van der Waals surface area (Å²) in [6.45, 7) is 1.98. The van der Waals surface area contributed by atoms with Gasteiger partial charge in [-0.05, 0) is 30.7 Å². The highest BCUT2D eigenvalue weighted by Crippen LogP contribution is 2.19. The molecule has 0 radical (unpaired) electrons. The molecule has 122 valence electrons. The van der Waals surface area contributed by atoms with Gasteiger partial charge in [0.25, 0.3) is 5.91 Å². The predicted octanol–water partition coefficient (Wildman–Crippen LogP) is 4.15. The van der Waals surface area contributed by atoms with E-state index in [2.05, 4.69) is 15.9 Å². The lowest BCUT2D eigenvalue weighted by Gasteiger charge is -2.22. The fourth-order valence-electron chi connectivity index (χ4n) is 2.08. The van der Waals surface area contributed by atoms with E-state index in [1.165, 1.54) is 11.0 Å². The van der Waals surface area contributed by atoms with E-state index in [9.17, 15) is 13.6 Å². The third kappa shape index (κ3) is 4.51. The van der Waals surface area contributed by atoms with Crippen molar-refractivity contribution >= 4 is 21.8 Å². The van der Waals surface area contributed by atoms with Gasteiger partial charge in [0.05, 0.1) is 0 Å². The van der Waals surface area contributed by atoms with Gasteiger partial charge in [-0.25, -0.2) is 8.78 Å². The van der Waals surface area contributed by atoms with Crippen molar-refractivity contribution in [2.45, 2.75) is 19.6 Å². The Bertz CT molecular complexity index is 709. The zero-order valence-corrected chi connectivity index (χ0v) is 14.3. The fraction of sp³-hybridized carbons (Fsp3) is 0.235. The quantitative estimate of drug-likeness (QED) is 0.775. The van der Waals surface area contributed by atoms with Crippen molar-refractivity contribution in [1.29, 1.82) is 0 Å². The van der Waals surface area contributed by atoms with Crippen molar-refractivity contribution in [3.63, 3.8) is 0 Å². The maximum absolute atomic E-state index is 13.2. The third-order valence-electron chi connectivity index (χ3n) is 3.29. The van der Waals surface area contributed by atoms with Crippen LogP contribution >= 0.6 is 15.9 Å². The average molecular weight is 384 g/mol. The highest BCUT2D eigenvalue weighted by molar-refractivity contribution is 9.10. The van der Waals surface area contributed by atoms with E-state index in [0.717, 1.165) is 22.2 Å². The Morgan fingerprint density at radius 3 is 2.57 bits per heavy atom. The summed E-state index contributed by atoms with van der Waals surface area (Å²) in [7, 11) is 1.66.